The summed E-state index contributed by atoms with van der Waals surface area (Å²) < 4.78 is 4.35. The third-order valence-corrected chi connectivity index (χ3v) is 4.76. The summed E-state index contributed by atoms with van der Waals surface area (Å²) in [4.78, 5) is 26.9. The van der Waals surface area contributed by atoms with Gasteiger partial charge in [0.15, 0.2) is 0 Å². The Balaban J connectivity index is 1.56. The van der Waals surface area contributed by atoms with Crippen LogP contribution in [0.4, 0.5) is 0 Å². The highest BCUT2D eigenvalue weighted by molar-refractivity contribution is 7.16. The first kappa shape index (κ1) is 16.4. The topological polar surface area (TPSA) is 103 Å². The standard InChI is InChI=1S/C16H18N4O3S/c17-15(22)12-9-19(10-18-12)8-11(21)4-3-7-20-13-5-1-2-6-14(13)24-16(20)23/h1-2,5-6,9-11,21H,3-4,7-8H2,(H2,17,22). The van der Waals surface area contributed by atoms with Gasteiger partial charge in [-0.05, 0) is 25.0 Å². The lowest BCUT2D eigenvalue weighted by atomic mass is 10.2. The van der Waals surface area contributed by atoms with Crippen LogP contribution in [0.3, 0.4) is 0 Å². The molecule has 8 heteroatoms. The Labute approximate surface area is 142 Å². The molecule has 0 aliphatic rings. The van der Waals surface area contributed by atoms with Gasteiger partial charge in [0.25, 0.3) is 5.91 Å². The number of carbonyl (C=O) groups excluding carboxylic acids is 1. The fraction of sp³-hybridized carbons (Fsp3) is 0.312. The minimum absolute atomic E-state index is 0.0198. The third-order valence-electron chi connectivity index (χ3n) is 3.80. The van der Waals surface area contributed by atoms with Gasteiger partial charge in [-0.3, -0.25) is 14.2 Å². The van der Waals surface area contributed by atoms with E-state index in [4.69, 9.17) is 5.73 Å². The highest BCUT2D eigenvalue weighted by atomic mass is 32.1. The number of aliphatic hydroxyl groups excluding tert-OH is 1. The summed E-state index contributed by atoms with van der Waals surface area (Å²) in [5.74, 6) is -0.591. The maximum atomic E-state index is 12.0. The molecule has 3 N–H and O–H groups in total. The Morgan fingerprint density at radius 3 is 2.92 bits per heavy atom. The van der Waals surface area contributed by atoms with Crippen LogP contribution in [0.2, 0.25) is 0 Å². The highest BCUT2D eigenvalue weighted by Crippen LogP contribution is 2.17. The van der Waals surface area contributed by atoms with Gasteiger partial charge in [0.1, 0.15) is 5.69 Å². The van der Waals surface area contributed by atoms with Crippen molar-refractivity contribution in [3.63, 3.8) is 0 Å². The van der Waals surface area contributed by atoms with E-state index >= 15 is 0 Å². The number of nitrogens with two attached hydrogens (primary N) is 1. The van der Waals surface area contributed by atoms with E-state index in [1.807, 2.05) is 24.3 Å². The molecule has 24 heavy (non-hydrogen) atoms. The van der Waals surface area contributed by atoms with E-state index in [0.717, 1.165) is 10.2 Å². The molecule has 126 valence electrons. The summed E-state index contributed by atoms with van der Waals surface area (Å²) in [6.45, 7) is 0.899. The van der Waals surface area contributed by atoms with Gasteiger partial charge in [0.2, 0.25) is 0 Å². The molecule has 0 fully saturated rings. The summed E-state index contributed by atoms with van der Waals surface area (Å²) in [5, 5.41) is 10.1. The first-order chi connectivity index (χ1) is 11.5. The zero-order valence-corrected chi connectivity index (χ0v) is 13.8. The fourth-order valence-electron chi connectivity index (χ4n) is 2.63. The number of primary amides is 1. The predicted octanol–water partition coefficient (Wildman–Crippen LogP) is 1.20. The van der Waals surface area contributed by atoms with Crippen LogP contribution >= 0.6 is 11.3 Å². The molecular formula is C16H18N4O3S. The van der Waals surface area contributed by atoms with Gasteiger partial charge >= 0.3 is 4.87 Å². The lowest BCUT2D eigenvalue weighted by molar-refractivity contribution is 0.0995. The molecule has 1 atom stereocenters. The molecule has 1 aromatic carbocycles. The van der Waals surface area contributed by atoms with E-state index in [9.17, 15) is 14.7 Å². The van der Waals surface area contributed by atoms with Crippen molar-refractivity contribution in [2.45, 2.75) is 32.0 Å². The quantitative estimate of drug-likeness (QED) is 0.671. The van der Waals surface area contributed by atoms with Crippen molar-refractivity contribution in [2.75, 3.05) is 0 Å². The van der Waals surface area contributed by atoms with E-state index in [0.29, 0.717) is 25.9 Å². The SMILES string of the molecule is NC(=O)c1cn(CC(O)CCCn2c(=O)sc3ccccc32)cn1. The molecule has 0 saturated heterocycles. The average molecular weight is 346 g/mol. The molecule has 2 aromatic heterocycles. The summed E-state index contributed by atoms with van der Waals surface area (Å²) in [6.07, 6.45) is 3.63. The average Bonchev–Trinajstić information content (AvgIpc) is 3.12. The first-order valence-electron chi connectivity index (χ1n) is 7.62. The number of hydrogen-bond acceptors (Lipinski definition) is 5. The highest BCUT2D eigenvalue weighted by Gasteiger charge is 2.10. The minimum atomic E-state index is -0.591. The number of imidazole rings is 1. The first-order valence-corrected chi connectivity index (χ1v) is 8.44. The predicted molar refractivity (Wildman–Crippen MR) is 92.1 cm³/mol. The van der Waals surface area contributed by atoms with Crippen LogP contribution < -0.4 is 10.6 Å². The largest absolute Gasteiger partial charge is 0.391 e. The van der Waals surface area contributed by atoms with E-state index in [-0.39, 0.29) is 10.6 Å². The monoisotopic (exact) mass is 346 g/mol. The number of hydrogen-bond donors (Lipinski definition) is 2. The Morgan fingerprint density at radius 2 is 2.17 bits per heavy atom. The van der Waals surface area contributed by atoms with Crippen molar-refractivity contribution >= 4 is 27.5 Å². The number of rotatable bonds is 7. The van der Waals surface area contributed by atoms with Gasteiger partial charge in [-0.1, -0.05) is 23.5 Å². The van der Waals surface area contributed by atoms with Crippen molar-refractivity contribution in [3.8, 4) is 0 Å². The minimum Gasteiger partial charge on any atom is -0.391 e. The molecule has 7 nitrogen and oxygen atoms in total. The van der Waals surface area contributed by atoms with Gasteiger partial charge < -0.3 is 15.4 Å². The normalized spacial score (nSPS) is 12.5. The van der Waals surface area contributed by atoms with Gasteiger partial charge in [0, 0.05) is 19.3 Å². The van der Waals surface area contributed by atoms with Crippen LogP contribution in [0.5, 0.6) is 0 Å². The number of aromatic nitrogens is 3. The van der Waals surface area contributed by atoms with Crippen LogP contribution in [-0.2, 0) is 13.1 Å². The molecule has 1 amide bonds. The fourth-order valence-corrected chi connectivity index (χ4v) is 3.55. The summed E-state index contributed by atoms with van der Waals surface area (Å²) in [6, 6.07) is 7.69. The molecule has 3 rings (SSSR count). The number of thiazole rings is 1. The summed E-state index contributed by atoms with van der Waals surface area (Å²) in [5.41, 5.74) is 6.26. The van der Waals surface area contributed by atoms with Crippen molar-refractivity contribution in [1.29, 1.82) is 0 Å². The number of para-hydroxylation sites is 1. The van der Waals surface area contributed by atoms with Crippen LogP contribution in [-0.4, -0.2) is 31.2 Å². The van der Waals surface area contributed by atoms with Gasteiger partial charge in [-0.25, -0.2) is 4.98 Å². The molecule has 0 saturated carbocycles. The van der Waals surface area contributed by atoms with E-state index < -0.39 is 12.0 Å². The molecule has 1 unspecified atom stereocenters. The molecular weight excluding hydrogens is 328 g/mol. The van der Waals surface area contributed by atoms with Crippen LogP contribution in [0.1, 0.15) is 23.3 Å². The number of nitrogens with zero attached hydrogens (tertiary/aromatic N) is 3. The molecule has 3 aromatic rings. The number of aliphatic hydroxyl groups is 1. The number of aryl methyl sites for hydroxylation is 1. The molecule has 0 aliphatic heterocycles. The summed E-state index contributed by atoms with van der Waals surface area (Å²) in [7, 11) is 0. The van der Waals surface area contributed by atoms with Crippen LogP contribution in [0.15, 0.2) is 41.6 Å². The molecule has 0 bridgehead atoms. The second-order valence-electron chi connectivity index (χ2n) is 5.60. The zero-order chi connectivity index (χ0) is 17.1. The van der Waals surface area contributed by atoms with Gasteiger partial charge in [-0.2, -0.15) is 0 Å². The maximum absolute atomic E-state index is 12.0. The molecule has 2 heterocycles. The molecule has 0 radical (unpaired) electrons. The molecule has 0 spiro atoms. The van der Waals surface area contributed by atoms with Crippen molar-refractivity contribution < 1.29 is 9.90 Å². The van der Waals surface area contributed by atoms with E-state index in [1.54, 1.807) is 9.13 Å². The van der Waals surface area contributed by atoms with Crippen molar-refractivity contribution in [1.82, 2.24) is 14.1 Å². The van der Waals surface area contributed by atoms with Gasteiger partial charge in [0.05, 0.1) is 22.6 Å². The zero-order valence-electron chi connectivity index (χ0n) is 13.0. The Morgan fingerprint density at radius 1 is 1.38 bits per heavy atom. The summed E-state index contributed by atoms with van der Waals surface area (Å²) >= 11 is 1.23. The van der Waals surface area contributed by atoms with Gasteiger partial charge in [-0.15, -0.1) is 0 Å². The lowest BCUT2D eigenvalue weighted by Gasteiger charge is -2.11. The number of carbonyl (C=O) groups is 1. The van der Waals surface area contributed by atoms with E-state index in [1.165, 1.54) is 23.9 Å². The third kappa shape index (κ3) is 3.55. The Hall–Kier alpha value is -2.45. The number of fused-ring (bicyclic) bond motifs is 1. The van der Waals surface area contributed by atoms with Crippen LogP contribution in [0, 0.1) is 0 Å². The van der Waals surface area contributed by atoms with Crippen LogP contribution in [0.25, 0.3) is 10.2 Å². The second-order valence-corrected chi connectivity index (χ2v) is 6.60. The lowest BCUT2D eigenvalue weighted by Crippen LogP contribution is -2.18. The Bertz CT molecular complexity index is 911. The Kier molecular flexibility index (Phi) is 4.77. The van der Waals surface area contributed by atoms with E-state index in [2.05, 4.69) is 4.98 Å². The maximum Gasteiger partial charge on any atom is 0.308 e. The molecule has 0 aliphatic carbocycles. The smallest absolute Gasteiger partial charge is 0.308 e. The second kappa shape index (κ2) is 6.98. The number of amides is 1. The number of benzene rings is 1. The van der Waals surface area contributed by atoms with Crippen molar-refractivity contribution in [3.05, 3.63) is 52.2 Å². The van der Waals surface area contributed by atoms with Crippen molar-refractivity contribution in [2.24, 2.45) is 5.73 Å².